The zero-order chi connectivity index (χ0) is 13.9. The van der Waals surface area contributed by atoms with E-state index in [4.69, 9.17) is 4.52 Å². The number of aromatic nitrogens is 2. The largest absolute Gasteiger partial charge is 0.361 e. The molecule has 1 atom stereocenters. The number of nitrogens with one attached hydrogen (secondary N) is 1. The summed E-state index contributed by atoms with van der Waals surface area (Å²) in [5, 5.41) is 7.51. The van der Waals surface area contributed by atoms with E-state index in [0.717, 1.165) is 37.6 Å². The molecule has 106 valence electrons. The van der Waals surface area contributed by atoms with Gasteiger partial charge in [0.1, 0.15) is 5.76 Å². The highest BCUT2D eigenvalue weighted by Crippen LogP contribution is 2.25. The van der Waals surface area contributed by atoms with Gasteiger partial charge in [-0.2, -0.15) is 0 Å². The quantitative estimate of drug-likeness (QED) is 0.924. The molecular formula is C15H20N4O. The number of piperazine rings is 1. The minimum Gasteiger partial charge on any atom is -0.361 e. The van der Waals surface area contributed by atoms with Gasteiger partial charge in [0, 0.05) is 50.2 Å². The summed E-state index contributed by atoms with van der Waals surface area (Å²) in [5.41, 5.74) is 3.46. The monoisotopic (exact) mass is 272 g/mol. The van der Waals surface area contributed by atoms with E-state index in [1.807, 2.05) is 32.3 Å². The van der Waals surface area contributed by atoms with E-state index < -0.39 is 0 Å². The molecule has 0 saturated carbocycles. The maximum Gasteiger partial charge on any atom is 0.138 e. The zero-order valence-corrected chi connectivity index (χ0v) is 12.0. The van der Waals surface area contributed by atoms with E-state index in [1.54, 1.807) is 0 Å². The fourth-order valence-corrected chi connectivity index (χ4v) is 2.77. The number of aryl methyl sites for hydroxylation is 2. The van der Waals surface area contributed by atoms with Crippen LogP contribution < -0.4 is 5.32 Å². The molecule has 0 aromatic carbocycles. The second-order valence-electron chi connectivity index (χ2n) is 5.28. The maximum atomic E-state index is 5.27. The second-order valence-corrected chi connectivity index (χ2v) is 5.28. The van der Waals surface area contributed by atoms with Crippen molar-refractivity contribution < 1.29 is 4.52 Å². The lowest BCUT2D eigenvalue weighted by Gasteiger charge is -2.36. The zero-order valence-electron chi connectivity index (χ0n) is 12.0. The first-order chi connectivity index (χ1) is 9.75. The molecule has 3 rings (SSSR count). The summed E-state index contributed by atoms with van der Waals surface area (Å²) < 4.78 is 5.27. The van der Waals surface area contributed by atoms with Gasteiger partial charge in [-0.05, 0) is 25.5 Å². The Bertz CT molecular complexity index is 547. The van der Waals surface area contributed by atoms with Gasteiger partial charge < -0.3 is 9.84 Å². The van der Waals surface area contributed by atoms with Gasteiger partial charge in [0.25, 0.3) is 0 Å². The lowest BCUT2D eigenvalue weighted by molar-refractivity contribution is 0.152. The van der Waals surface area contributed by atoms with Crippen molar-refractivity contribution in [2.75, 3.05) is 19.6 Å². The van der Waals surface area contributed by atoms with Crippen LogP contribution in [0.3, 0.4) is 0 Å². The molecule has 3 heterocycles. The third kappa shape index (κ3) is 2.59. The number of hydrogen-bond acceptors (Lipinski definition) is 5. The van der Waals surface area contributed by atoms with Crippen LogP contribution in [0, 0.1) is 13.8 Å². The van der Waals surface area contributed by atoms with Crippen molar-refractivity contribution >= 4 is 0 Å². The van der Waals surface area contributed by atoms with Crippen LogP contribution in [0.15, 0.2) is 29.0 Å². The molecule has 2 aromatic rings. The first-order valence-electron chi connectivity index (χ1n) is 7.02. The Hall–Kier alpha value is -1.72. The van der Waals surface area contributed by atoms with Gasteiger partial charge in [-0.1, -0.05) is 11.2 Å². The van der Waals surface area contributed by atoms with E-state index in [-0.39, 0.29) is 0 Å². The van der Waals surface area contributed by atoms with Gasteiger partial charge in [0.2, 0.25) is 0 Å². The van der Waals surface area contributed by atoms with Gasteiger partial charge in [0.05, 0.1) is 5.69 Å². The Balaban J connectivity index is 1.83. The molecule has 0 radical (unpaired) electrons. The summed E-state index contributed by atoms with van der Waals surface area (Å²) in [6.07, 6.45) is 3.77. The molecule has 2 aromatic heterocycles. The number of hydrogen-bond donors (Lipinski definition) is 1. The Morgan fingerprint density at radius 3 is 3.05 bits per heavy atom. The average Bonchev–Trinajstić information content (AvgIpc) is 2.81. The fourth-order valence-electron chi connectivity index (χ4n) is 2.77. The van der Waals surface area contributed by atoms with Gasteiger partial charge in [-0.3, -0.25) is 9.88 Å². The van der Waals surface area contributed by atoms with Crippen LogP contribution in [-0.2, 0) is 6.54 Å². The van der Waals surface area contributed by atoms with Crippen LogP contribution >= 0.6 is 0 Å². The first kappa shape index (κ1) is 13.3. The minimum absolute atomic E-state index is 0.353. The average molecular weight is 272 g/mol. The standard InChI is InChI=1S/C15H20N4O/c1-11-14(12(2)20-18-11)10-19-7-6-17-9-15(19)13-4-3-5-16-8-13/h3-5,8,15,17H,6-7,9-10H2,1-2H3. The molecular weight excluding hydrogens is 252 g/mol. The number of rotatable bonds is 3. The first-order valence-corrected chi connectivity index (χ1v) is 7.02. The fraction of sp³-hybridized carbons (Fsp3) is 0.467. The van der Waals surface area contributed by atoms with Crippen molar-refractivity contribution in [2.45, 2.75) is 26.4 Å². The van der Waals surface area contributed by atoms with Crippen LogP contribution in [0.2, 0.25) is 0 Å². The molecule has 0 spiro atoms. The Morgan fingerprint density at radius 1 is 1.45 bits per heavy atom. The Morgan fingerprint density at radius 2 is 2.35 bits per heavy atom. The van der Waals surface area contributed by atoms with Gasteiger partial charge in [-0.25, -0.2) is 0 Å². The summed E-state index contributed by atoms with van der Waals surface area (Å²) in [7, 11) is 0. The molecule has 1 saturated heterocycles. The highest BCUT2D eigenvalue weighted by molar-refractivity contribution is 5.22. The van der Waals surface area contributed by atoms with Gasteiger partial charge in [-0.15, -0.1) is 0 Å². The number of pyridine rings is 1. The molecule has 20 heavy (non-hydrogen) atoms. The topological polar surface area (TPSA) is 54.2 Å². The predicted octanol–water partition coefficient (Wildman–Crippen LogP) is 1.83. The predicted molar refractivity (Wildman–Crippen MR) is 76.2 cm³/mol. The molecule has 1 unspecified atom stereocenters. The number of nitrogens with zero attached hydrogens (tertiary/aromatic N) is 3. The van der Waals surface area contributed by atoms with Crippen molar-refractivity contribution in [3.8, 4) is 0 Å². The minimum atomic E-state index is 0.353. The van der Waals surface area contributed by atoms with E-state index in [0.29, 0.717) is 6.04 Å². The summed E-state index contributed by atoms with van der Waals surface area (Å²) >= 11 is 0. The molecule has 1 N–H and O–H groups in total. The van der Waals surface area contributed by atoms with Crippen molar-refractivity contribution in [1.82, 2.24) is 20.4 Å². The van der Waals surface area contributed by atoms with Gasteiger partial charge in [0.15, 0.2) is 0 Å². The van der Waals surface area contributed by atoms with Crippen molar-refractivity contribution in [2.24, 2.45) is 0 Å². The normalized spacial score (nSPS) is 20.2. The molecule has 0 bridgehead atoms. The summed E-state index contributed by atoms with van der Waals surface area (Å²) in [5.74, 6) is 0.922. The molecule has 5 heteroatoms. The van der Waals surface area contributed by atoms with Crippen LogP contribution in [0.25, 0.3) is 0 Å². The van der Waals surface area contributed by atoms with Crippen LogP contribution in [0.1, 0.15) is 28.6 Å². The molecule has 1 fully saturated rings. The molecule has 0 aliphatic carbocycles. The van der Waals surface area contributed by atoms with Crippen LogP contribution in [-0.4, -0.2) is 34.7 Å². The third-order valence-corrected chi connectivity index (χ3v) is 3.97. The lowest BCUT2D eigenvalue weighted by Crippen LogP contribution is -2.45. The maximum absolute atomic E-state index is 5.27. The second kappa shape index (κ2) is 5.73. The van der Waals surface area contributed by atoms with Crippen molar-refractivity contribution in [1.29, 1.82) is 0 Å². The van der Waals surface area contributed by atoms with Crippen LogP contribution in [0.4, 0.5) is 0 Å². The molecule has 1 aliphatic rings. The van der Waals surface area contributed by atoms with Gasteiger partial charge >= 0.3 is 0 Å². The van der Waals surface area contributed by atoms with Crippen molar-refractivity contribution in [3.63, 3.8) is 0 Å². The lowest BCUT2D eigenvalue weighted by atomic mass is 10.0. The van der Waals surface area contributed by atoms with E-state index in [9.17, 15) is 0 Å². The highest BCUT2D eigenvalue weighted by atomic mass is 16.5. The highest BCUT2D eigenvalue weighted by Gasteiger charge is 2.25. The van der Waals surface area contributed by atoms with E-state index >= 15 is 0 Å². The molecule has 1 aliphatic heterocycles. The van der Waals surface area contributed by atoms with Crippen molar-refractivity contribution in [3.05, 3.63) is 47.1 Å². The summed E-state index contributed by atoms with van der Waals surface area (Å²) in [4.78, 5) is 6.71. The molecule has 0 amide bonds. The Kier molecular flexibility index (Phi) is 3.80. The third-order valence-electron chi connectivity index (χ3n) is 3.97. The SMILES string of the molecule is Cc1noc(C)c1CN1CCNCC1c1cccnc1. The smallest absolute Gasteiger partial charge is 0.138 e. The van der Waals surface area contributed by atoms with Crippen LogP contribution in [0.5, 0.6) is 0 Å². The Labute approximate surface area is 119 Å². The molecule has 5 nitrogen and oxygen atoms in total. The summed E-state index contributed by atoms with van der Waals surface area (Å²) in [6.45, 7) is 7.85. The van der Waals surface area contributed by atoms with E-state index in [1.165, 1.54) is 11.1 Å². The summed E-state index contributed by atoms with van der Waals surface area (Å²) in [6, 6.07) is 4.49. The van der Waals surface area contributed by atoms with E-state index in [2.05, 4.69) is 26.4 Å².